The maximum Gasteiger partial charge on any atom is 0.259 e. The van der Waals surface area contributed by atoms with E-state index in [1.54, 1.807) is 6.07 Å². The van der Waals surface area contributed by atoms with Crippen LogP contribution in [0.5, 0.6) is 0 Å². The largest absolute Gasteiger partial charge is 0.339 e. The number of aromatic nitrogens is 3. The van der Waals surface area contributed by atoms with Gasteiger partial charge in [0.15, 0.2) is 0 Å². The first-order valence-corrected chi connectivity index (χ1v) is 8.79. The van der Waals surface area contributed by atoms with Gasteiger partial charge in [-0.3, -0.25) is 4.79 Å². The zero-order valence-electron chi connectivity index (χ0n) is 13.0. The highest BCUT2D eigenvalue weighted by Crippen LogP contribution is 2.24. The van der Waals surface area contributed by atoms with E-state index in [0.29, 0.717) is 23.2 Å². The number of benzene rings is 1. The van der Waals surface area contributed by atoms with Gasteiger partial charge in [0.1, 0.15) is 0 Å². The summed E-state index contributed by atoms with van der Waals surface area (Å²) >= 11 is 3.44. The molecule has 1 N–H and O–H groups in total. The topological polar surface area (TPSA) is 71.8 Å². The van der Waals surface area contributed by atoms with Gasteiger partial charge in [0, 0.05) is 21.8 Å². The molecule has 3 aromatic rings. The van der Waals surface area contributed by atoms with Crippen molar-refractivity contribution >= 4 is 26.8 Å². The monoisotopic (exact) mass is 385 g/mol. The highest BCUT2D eigenvalue weighted by atomic mass is 79.9. The highest BCUT2D eigenvalue weighted by molar-refractivity contribution is 9.10. The zero-order chi connectivity index (χ0) is 16.5. The van der Waals surface area contributed by atoms with Crippen molar-refractivity contribution in [3.8, 4) is 11.4 Å². The molecule has 1 aliphatic rings. The Morgan fingerprint density at radius 3 is 3.04 bits per heavy atom. The summed E-state index contributed by atoms with van der Waals surface area (Å²) in [7, 11) is 0. The molecule has 0 spiro atoms. The minimum atomic E-state index is -0.210. The maximum atomic E-state index is 12.3. The van der Waals surface area contributed by atoms with E-state index in [-0.39, 0.29) is 5.56 Å². The fourth-order valence-electron chi connectivity index (χ4n) is 3.08. The molecule has 0 radical (unpaired) electrons. The molecule has 0 amide bonds. The number of aromatic amines is 1. The number of nitrogens with one attached hydrogen (secondary N) is 1. The van der Waals surface area contributed by atoms with Crippen LogP contribution in [0.2, 0.25) is 0 Å². The summed E-state index contributed by atoms with van der Waals surface area (Å²) in [5.41, 5.74) is 1.00. The van der Waals surface area contributed by atoms with Crippen LogP contribution >= 0.6 is 15.9 Å². The van der Waals surface area contributed by atoms with Gasteiger partial charge in [-0.1, -0.05) is 33.2 Å². The van der Waals surface area contributed by atoms with Crippen LogP contribution in [0.15, 0.2) is 50.2 Å². The van der Waals surface area contributed by atoms with E-state index < -0.39 is 0 Å². The molecule has 1 aromatic carbocycles. The van der Waals surface area contributed by atoms with Crippen LogP contribution < -0.4 is 5.56 Å². The number of fused-ring (bicyclic) bond motifs is 1. The number of hydrogen-bond donors (Lipinski definition) is 1. The van der Waals surface area contributed by atoms with Crippen LogP contribution in [0, 0.1) is 5.92 Å². The molecule has 0 bridgehead atoms. The minimum absolute atomic E-state index is 0.210. The summed E-state index contributed by atoms with van der Waals surface area (Å²) in [5.74, 6) is 1.48. The third-order valence-corrected chi connectivity index (χ3v) is 4.85. The second kappa shape index (κ2) is 6.36. The maximum absolute atomic E-state index is 12.3. The number of H-pyrrole nitrogens is 1. The number of pyridine rings is 1. The molecule has 2 aromatic heterocycles. The van der Waals surface area contributed by atoms with E-state index in [1.807, 2.05) is 18.2 Å². The van der Waals surface area contributed by atoms with Gasteiger partial charge in [0.2, 0.25) is 11.7 Å². The normalized spacial score (nSPS) is 17.5. The standard InChI is InChI=1S/C18H16BrN3O2/c19-13-6-7-15-12(9-13)10-14(18(23)20-15)17-21-16(24-22-17)8-11-4-2-1-3-5-11/h1-2,6-7,9-11H,3-5,8H2,(H,20,23)/t11-/m1/s1. The van der Waals surface area contributed by atoms with Gasteiger partial charge in [-0.2, -0.15) is 4.98 Å². The molecule has 122 valence electrons. The minimum Gasteiger partial charge on any atom is -0.339 e. The summed E-state index contributed by atoms with van der Waals surface area (Å²) < 4.78 is 6.32. The molecule has 5 nitrogen and oxygen atoms in total. The summed E-state index contributed by atoms with van der Waals surface area (Å²) in [6.07, 6.45) is 8.46. The Hall–Kier alpha value is -2.21. The van der Waals surface area contributed by atoms with E-state index in [1.165, 1.54) is 0 Å². The SMILES string of the molecule is O=c1[nH]c2ccc(Br)cc2cc1-c1noc(C[C@@H]2CC=CCC2)n1. The lowest BCUT2D eigenvalue weighted by molar-refractivity contribution is 0.343. The fraction of sp³-hybridized carbons (Fsp3) is 0.278. The average Bonchev–Trinajstić information content (AvgIpc) is 3.04. The number of rotatable bonds is 3. The Bertz CT molecular complexity index is 974. The number of hydrogen-bond acceptors (Lipinski definition) is 4. The predicted octanol–water partition coefficient (Wildman–Crippen LogP) is 4.24. The van der Waals surface area contributed by atoms with Crippen molar-refractivity contribution in [2.45, 2.75) is 25.7 Å². The Labute approximate surface area is 146 Å². The van der Waals surface area contributed by atoms with Crippen LogP contribution in [-0.2, 0) is 6.42 Å². The van der Waals surface area contributed by atoms with E-state index in [9.17, 15) is 4.79 Å². The number of halogens is 1. The Morgan fingerprint density at radius 1 is 1.29 bits per heavy atom. The molecule has 24 heavy (non-hydrogen) atoms. The molecular formula is C18H16BrN3O2. The van der Waals surface area contributed by atoms with E-state index in [2.05, 4.69) is 43.2 Å². The van der Waals surface area contributed by atoms with Gasteiger partial charge < -0.3 is 9.51 Å². The molecule has 0 aliphatic heterocycles. The van der Waals surface area contributed by atoms with Gasteiger partial charge in [-0.05, 0) is 49.4 Å². The van der Waals surface area contributed by atoms with Crippen LogP contribution in [0.3, 0.4) is 0 Å². The third kappa shape index (κ3) is 3.06. The first kappa shape index (κ1) is 15.3. The lowest BCUT2D eigenvalue weighted by Gasteiger charge is -2.14. The first-order valence-electron chi connectivity index (χ1n) is 7.99. The molecule has 6 heteroatoms. The van der Waals surface area contributed by atoms with Crippen molar-refractivity contribution in [2.24, 2.45) is 5.92 Å². The Kier molecular flexibility index (Phi) is 4.06. The van der Waals surface area contributed by atoms with E-state index >= 15 is 0 Å². The Balaban J connectivity index is 1.66. The molecular weight excluding hydrogens is 370 g/mol. The molecule has 0 saturated heterocycles. The summed E-state index contributed by atoms with van der Waals surface area (Å²) in [4.78, 5) is 19.6. The molecule has 1 aliphatic carbocycles. The summed E-state index contributed by atoms with van der Waals surface area (Å²) in [6.45, 7) is 0. The number of allylic oxidation sites excluding steroid dienone is 2. The molecule has 0 unspecified atom stereocenters. The number of nitrogens with zero attached hydrogens (tertiary/aromatic N) is 2. The quantitative estimate of drug-likeness (QED) is 0.684. The van der Waals surface area contributed by atoms with Gasteiger partial charge in [-0.25, -0.2) is 0 Å². The molecule has 0 saturated carbocycles. The van der Waals surface area contributed by atoms with Crippen molar-refractivity contribution in [3.63, 3.8) is 0 Å². The second-order valence-corrected chi connectivity index (χ2v) is 7.03. The van der Waals surface area contributed by atoms with E-state index in [0.717, 1.165) is 41.1 Å². The molecule has 1 atom stereocenters. The third-order valence-electron chi connectivity index (χ3n) is 4.36. The Morgan fingerprint density at radius 2 is 2.21 bits per heavy atom. The van der Waals surface area contributed by atoms with Crippen molar-refractivity contribution in [1.29, 1.82) is 0 Å². The molecule has 0 fully saturated rings. The van der Waals surface area contributed by atoms with Gasteiger partial charge >= 0.3 is 0 Å². The zero-order valence-corrected chi connectivity index (χ0v) is 14.5. The van der Waals surface area contributed by atoms with Crippen molar-refractivity contribution in [3.05, 3.63) is 57.1 Å². The van der Waals surface area contributed by atoms with Crippen molar-refractivity contribution in [1.82, 2.24) is 15.1 Å². The lowest BCUT2D eigenvalue weighted by Crippen LogP contribution is -2.10. The molecule has 2 heterocycles. The summed E-state index contributed by atoms with van der Waals surface area (Å²) in [6, 6.07) is 7.51. The van der Waals surface area contributed by atoms with Crippen LogP contribution in [-0.4, -0.2) is 15.1 Å². The summed E-state index contributed by atoms with van der Waals surface area (Å²) in [5, 5.41) is 4.93. The average molecular weight is 386 g/mol. The van der Waals surface area contributed by atoms with Gasteiger partial charge in [0.25, 0.3) is 5.56 Å². The smallest absolute Gasteiger partial charge is 0.259 e. The van der Waals surface area contributed by atoms with Gasteiger partial charge in [0.05, 0.1) is 5.56 Å². The van der Waals surface area contributed by atoms with Crippen LogP contribution in [0.4, 0.5) is 0 Å². The second-order valence-electron chi connectivity index (χ2n) is 6.11. The van der Waals surface area contributed by atoms with Crippen molar-refractivity contribution in [2.75, 3.05) is 0 Å². The molecule has 4 rings (SSSR count). The first-order chi connectivity index (χ1) is 11.7. The van der Waals surface area contributed by atoms with Crippen molar-refractivity contribution < 1.29 is 4.52 Å². The predicted molar refractivity (Wildman–Crippen MR) is 95.7 cm³/mol. The lowest BCUT2D eigenvalue weighted by atomic mass is 9.91. The highest BCUT2D eigenvalue weighted by Gasteiger charge is 2.17. The van der Waals surface area contributed by atoms with Gasteiger partial charge in [-0.15, -0.1) is 0 Å². The fourth-order valence-corrected chi connectivity index (χ4v) is 3.46. The van der Waals surface area contributed by atoms with Crippen LogP contribution in [0.25, 0.3) is 22.3 Å². The van der Waals surface area contributed by atoms with Crippen LogP contribution in [0.1, 0.15) is 25.2 Å². The van der Waals surface area contributed by atoms with E-state index in [4.69, 9.17) is 4.52 Å².